The van der Waals surface area contributed by atoms with Crippen LogP contribution >= 0.6 is 23.4 Å². The molecule has 0 atom stereocenters. The number of thioether (sulfide) groups is 1. The minimum Gasteiger partial charge on any atom is -0.487 e. The zero-order valence-electron chi connectivity index (χ0n) is 14.8. The van der Waals surface area contributed by atoms with Gasteiger partial charge in [0, 0.05) is 17.4 Å². The number of H-pyrrole nitrogens is 1. The maximum absolute atomic E-state index is 12.0. The highest BCUT2D eigenvalue weighted by Crippen LogP contribution is 2.34. The molecule has 1 aliphatic heterocycles. The fourth-order valence-corrected chi connectivity index (χ4v) is 3.91. The van der Waals surface area contributed by atoms with Gasteiger partial charge in [0.25, 0.3) is 5.56 Å². The van der Waals surface area contributed by atoms with Crippen LogP contribution < -0.4 is 15.0 Å². The first-order chi connectivity index (χ1) is 13.7. The number of hydrogen-bond acceptors (Lipinski definition) is 6. The van der Waals surface area contributed by atoms with Crippen LogP contribution in [0.4, 0.5) is 0 Å². The molecule has 0 saturated heterocycles. The largest absolute Gasteiger partial charge is 0.487 e. The summed E-state index contributed by atoms with van der Waals surface area (Å²) in [6.07, 6.45) is 0. The first kappa shape index (κ1) is 18.9. The molecular weight excluding hydrogens is 400 g/mol. The number of ether oxygens (including phenoxy) is 3. The summed E-state index contributed by atoms with van der Waals surface area (Å²) in [6.45, 7) is 0.902. The van der Waals surface area contributed by atoms with Crippen LogP contribution in [0, 0.1) is 0 Å². The lowest BCUT2D eigenvalue weighted by Gasteiger charge is -2.19. The second kappa shape index (κ2) is 8.68. The van der Waals surface area contributed by atoms with Crippen molar-refractivity contribution in [1.29, 1.82) is 0 Å². The first-order valence-corrected chi connectivity index (χ1v) is 9.96. The fourth-order valence-electron chi connectivity index (χ4n) is 2.77. The van der Waals surface area contributed by atoms with E-state index in [2.05, 4.69) is 9.97 Å². The highest BCUT2D eigenvalue weighted by Gasteiger charge is 2.16. The zero-order valence-corrected chi connectivity index (χ0v) is 16.4. The van der Waals surface area contributed by atoms with Gasteiger partial charge in [0.2, 0.25) is 0 Å². The average Bonchev–Trinajstić information content (AvgIpc) is 2.71. The second-order valence-electron chi connectivity index (χ2n) is 6.11. The molecular formula is C20H17ClN2O4S. The van der Waals surface area contributed by atoms with Gasteiger partial charge in [-0.25, -0.2) is 4.98 Å². The third kappa shape index (κ3) is 4.67. The van der Waals surface area contributed by atoms with Crippen LogP contribution in [0.25, 0.3) is 0 Å². The Bertz CT molecular complexity index is 1030. The molecule has 3 aromatic rings. The molecule has 1 N–H and O–H groups in total. The van der Waals surface area contributed by atoms with Crippen molar-refractivity contribution in [3.63, 3.8) is 0 Å². The second-order valence-corrected chi connectivity index (χ2v) is 7.48. The molecule has 0 spiro atoms. The predicted molar refractivity (Wildman–Crippen MR) is 107 cm³/mol. The van der Waals surface area contributed by atoms with E-state index in [-0.39, 0.29) is 19.0 Å². The van der Waals surface area contributed by atoms with Gasteiger partial charge >= 0.3 is 0 Å². The smallest absolute Gasteiger partial charge is 0.251 e. The van der Waals surface area contributed by atoms with Gasteiger partial charge in [-0.15, -0.1) is 0 Å². The summed E-state index contributed by atoms with van der Waals surface area (Å²) in [5.74, 6) is 2.00. The lowest BCUT2D eigenvalue weighted by atomic mass is 10.1. The molecule has 2 heterocycles. The van der Waals surface area contributed by atoms with E-state index >= 15 is 0 Å². The van der Waals surface area contributed by atoms with Crippen molar-refractivity contribution in [2.75, 3.05) is 6.79 Å². The Morgan fingerprint density at radius 3 is 2.93 bits per heavy atom. The highest BCUT2D eigenvalue weighted by atomic mass is 35.5. The van der Waals surface area contributed by atoms with E-state index in [1.165, 1.54) is 17.8 Å². The Balaban J connectivity index is 1.44. The highest BCUT2D eigenvalue weighted by molar-refractivity contribution is 7.98. The van der Waals surface area contributed by atoms with Gasteiger partial charge in [-0.2, -0.15) is 0 Å². The van der Waals surface area contributed by atoms with Gasteiger partial charge < -0.3 is 19.2 Å². The SMILES string of the molecule is O=c1cc(COc2ccccc2)nc(SCc2cc(Cl)c3c(c2)COCO3)[nH]1. The van der Waals surface area contributed by atoms with Crippen LogP contribution in [0.15, 0.2) is 58.5 Å². The molecule has 1 aromatic heterocycles. The van der Waals surface area contributed by atoms with Crippen LogP contribution in [-0.4, -0.2) is 16.8 Å². The molecule has 6 nitrogen and oxygen atoms in total. The minimum absolute atomic E-state index is 0.212. The zero-order chi connectivity index (χ0) is 19.3. The summed E-state index contributed by atoms with van der Waals surface area (Å²) >= 11 is 7.72. The van der Waals surface area contributed by atoms with Crippen LogP contribution in [0.1, 0.15) is 16.8 Å². The molecule has 28 heavy (non-hydrogen) atoms. The van der Waals surface area contributed by atoms with Crippen molar-refractivity contribution in [1.82, 2.24) is 9.97 Å². The Hall–Kier alpha value is -2.48. The predicted octanol–water partition coefficient (Wildman–Crippen LogP) is 4.16. The van der Waals surface area contributed by atoms with Crippen LogP contribution in [-0.2, 0) is 23.7 Å². The van der Waals surface area contributed by atoms with Gasteiger partial charge in [0.15, 0.2) is 11.9 Å². The lowest BCUT2D eigenvalue weighted by Crippen LogP contribution is -2.12. The third-order valence-corrected chi connectivity index (χ3v) is 5.23. The fraction of sp³-hybridized carbons (Fsp3) is 0.200. The van der Waals surface area contributed by atoms with E-state index in [1.54, 1.807) is 0 Å². The number of aromatic nitrogens is 2. The standard InChI is InChI=1S/C20H17ClN2O4S/c21-17-7-13(6-14-9-25-12-27-19(14)17)11-28-20-22-15(8-18(24)23-20)10-26-16-4-2-1-3-5-16/h1-8H,9-12H2,(H,22,23,24). The maximum Gasteiger partial charge on any atom is 0.251 e. The first-order valence-electron chi connectivity index (χ1n) is 8.60. The Labute approximate surface area is 170 Å². The van der Waals surface area contributed by atoms with E-state index in [9.17, 15) is 4.79 Å². The molecule has 0 radical (unpaired) electrons. The Morgan fingerprint density at radius 1 is 1.21 bits per heavy atom. The molecule has 0 fully saturated rings. The molecule has 0 unspecified atom stereocenters. The van der Waals surface area contributed by atoms with Gasteiger partial charge in [0.1, 0.15) is 18.1 Å². The maximum atomic E-state index is 12.0. The Kier molecular flexibility index (Phi) is 5.85. The average molecular weight is 417 g/mol. The van der Waals surface area contributed by atoms with Crippen molar-refractivity contribution >= 4 is 23.4 Å². The number of fused-ring (bicyclic) bond motifs is 1. The minimum atomic E-state index is -0.213. The number of para-hydroxylation sites is 1. The van der Waals surface area contributed by atoms with Crippen molar-refractivity contribution in [3.05, 3.63) is 80.7 Å². The van der Waals surface area contributed by atoms with Gasteiger partial charge in [-0.1, -0.05) is 41.6 Å². The summed E-state index contributed by atoms with van der Waals surface area (Å²) < 4.78 is 16.4. The van der Waals surface area contributed by atoms with Crippen LogP contribution in [0.3, 0.4) is 0 Å². The summed E-state index contributed by atoms with van der Waals surface area (Å²) in [4.78, 5) is 19.2. The number of nitrogens with zero attached hydrogens (tertiary/aromatic N) is 1. The normalized spacial score (nSPS) is 12.9. The number of rotatable bonds is 6. The lowest BCUT2D eigenvalue weighted by molar-refractivity contribution is -0.0163. The quantitative estimate of drug-likeness (QED) is 0.480. The van der Waals surface area contributed by atoms with Crippen molar-refractivity contribution < 1.29 is 14.2 Å². The van der Waals surface area contributed by atoms with E-state index in [0.717, 1.165) is 16.9 Å². The number of nitrogens with one attached hydrogen (secondary N) is 1. The summed E-state index contributed by atoms with van der Waals surface area (Å²) in [5, 5.41) is 1.09. The van der Waals surface area contributed by atoms with E-state index in [0.29, 0.717) is 34.0 Å². The van der Waals surface area contributed by atoms with Crippen molar-refractivity contribution in [3.8, 4) is 11.5 Å². The molecule has 0 bridgehead atoms. The van der Waals surface area contributed by atoms with Gasteiger partial charge in [-0.3, -0.25) is 4.79 Å². The van der Waals surface area contributed by atoms with Crippen LogP contribution in [0.5, 0.6) is 11.5 Å². The molecule has 0 aliphatic carbocycles. The van der Waals surface area contributed by atoms with Crippen LogP contribution in [0.2, 0.25) is 5.02 Å². The molecule has 1 aliphatic rings. The number of halogens is 1. The number of aromatic amines is 1. The molecule has 144 valence electrons. The molecule has 0 amide bonds. The van der Waals surface area contributed by atoms with E-state index < -0.39 is 0 Å². The summed E-state index contributed by atoms with van der Waals surface area (Å²) in [6, 6.07) is 14.7. The Morgan fingerprint density at radius 2 is 2.07 bits per heavy atom. The monoisotopic (exact) mass is 416 g/mol. The number of benzene rings is 2. The summed E-state index contributed by atoms with van der Waals surface area (Å²) in [7, 11) is 0. The molecule has 0 saturated carbocycles. The molecule has 2 aromatic carbocycles. The third-order valence-electron chi connectivity index (χ3n) is 4.00. The molecule has 4 rings (SSSR count). The summed E-state index contributed by atoms with van der Waals surface area (Å²) in [5.41, 5.74) is 2.27. The molecule has 8 heteroatoms. The van der Waals surface area contributed by atoms with E-state index in [1.807, 2.05) is 42.5 Å². The topological polar surface area (TPSA) is 73.4 Å². The number of hydrogen-bond donors (Lipinski definition) is 1. The van der Waals surface area contributed by atoms with E-state index in [4.69, 9.17) is 25.8 Å². The van der Waals surface area contributed by atoms with Crippen molar-refractivity contribution in [2.45, 2.75) is 24.1 Å². The van der Waals surface area contributed by atoms with Crippen molar-refractivity contribution in [2.24, 2.45) is 0 Å². The van der Waals surface area contributed by atoms with Gasteiger partial charge in [-0.05, 0) is 29.8 Å². The van der Waals surface area contributed by atoms with Gasteiger partial charge in [0.05, 0.1) is 17.3 Å².